The first-order valence-corrected chi connectivity index (χ1v) is 12.0. The molecule has 0 aromatic heterocycles. The molecule has 1 fully saturated rings. The van der Waals surface area contributed by atoms with Gasteiger partial charge in [-0.05, 0) is 48.3 Å². The first kappa shape index (κ1) is 20.3. The molecule has 1 saturated heterocycles. The standard InChI is InChI=1S/C24H26N2OS2/c1-17-3-7-19(8-4-17)13-21-15-28-16-22(14-20-9-5-18(2)6-10-20)24(21,27)26-23-25-11-12-29-23/h3-10,13-14,27H,11-12,15-16H2,1-2H3,(H,25,26)/b21-13+,22-14+. The van der Waals surface area contributed by atoms with Gasteiger partial charge in [0.15, 0.2) is 10.9 Å². The Morgan fingerprint density at radius 2 is 1.41 bits per heavy atom. The van der Waals surface area contributed by atoms with Gasteiger partial charge >= 0.3 is 0 Å². The third-order valence-electron chi connectivity index (χ3n) is 5.15. The second-order valence-corrected chi connectivity index (χ2v) is 9.59. The number of rotatable bonds is 3. The van der Waals surface area contributed by atoms with E-state index in [2.05, 4.69) is 84.8 Å². The molecule has 2 aliphatic heterocycles. The average molecular weight is 423 g/mol. The highest BCUT2D eigenvalue weighted by Crippen LogP contribution is 2.37. The minimum Gasteiger partial charge on any atom is -0.364 e. The van der Waals surface area contributed by atoms with Gasteiger partial charge in [-0.15, -0.1) is 0 Å². The SMILES string of the molecule is Cc1ccc(/C=C2\CSC/C(=C\c3ccc(C)cc3)C2(O)NC2=NCCS2)cc1. The minimum atomic E-state index is -1.23. The van der Waals surface area contributed by atoms with Crippen LogP contribution in [0.5, 0.6) is 0 Å². The van der Waals surface area contributed by atoms with Gasteiger partial charge in [-0.2, -0.15) is 11.8 Å². The topological polar surface area (TPSA) is 44.6 Å². The highest BCUT2D eigenvalue weighted by molar-refractivity contribution is 8.14. The Bertz CT molecular complexity index is 896. The number of aliphatic imine (C=N–C) groups is 1. The Balaban J connectivity index is 1.74. The van der Waals surface area contributed by atoms with Gasteiger partial charge in [-0.3, -0.25) is 4.99 Å². The average Bonchev–Trinajstić information content (AvgIpc) is 3.21. The molecule has 0 aliphatic carbocycles. The van der Waals surface area contributed by atoms with Crippen molar-refractivity contribution in [3.05, 3.63) is 81.9 Å². The van der Waals surface area contributed by atoms with Crippen molar-refractivity contribution in [3.63, 3.8) is 0 Å². The summed E-state index contributed by atoms with van der Waals surface area (Å²) in [4.78, 5) is 4.53. The minimum absolute atomic E-state index is 0.778. The monoisotopic (exact) mass is 422 g/mol. The molecule has 0 atom stereocenters. The number of hydrogen-bond donors (Lipinski definition) is 2. The summed E-state index contributed by atoms with van der Waals surface area (Å²) in [5, 5.41) is 16.1. The van der Waals surface area contributed by atoms with Crippen LogP contribution in [0.1, 0.15) is 22.3 Å². The third kappa shape index (κ3) is 4.80. The van der Waals surface area contributed by atoms with Gasteiger partial charge < -0.3 is 10.4 Å². The molecule has 2 heterocycles. The maximum Gasteiger partial charge on any atom is 0.184 e. The van der Waals surface area contributed by atoms with Crippen molar-refractivity contribution in [2.45, 2.75) is 19.6 Å². The van der Waals surface area contributed by atoms with Crippen molar-refractivity contribution in [2.24, 2.45) is 4.99 Å². The van der Waals surface area contributed by atoms with Crippen LogP contribution >= 0.6 is 23.5 Å². The molecular weight excluding hydrogens is 396 g/mol. The van der Waals surface area contributed by atoms with Crippen LogP contribution in [0.15, 0.2) is 64.7 Å². The van der Waals surface area contributed by atoms with Crippen molar-refractivity contribution in [3.8, 4) is 0 Å². The van der Waals surface area contributed by atoms with E-state index >= 15 is 0 Å². The number of nitrogens with zero attached hydrogens (tertiary/aromatic N) is 1. The quantitative estimate of drug-likeness (QED) is 0.691. The summed E-state index contributed by atoms with van der Waals surface area (Å²) in [7, 11) is 0. The number of amidine groups is 1. The molecule has 3 nitrogen and oxygen atoms in total. The van der Waals surface area contributed by atoms with E-state index in [1.165, 1.54) is 11.1 Å². The highest BCUT2D eigenvalue weighted by Gasteiger charge is 2.40. The maximum atomic E-state index is 11.9. The Kier molecular flexibility index (Phi) is 6.18. The van der Waals surface area contributed by atoms with E-state index in [0.29, 0.717) is 0 Å². The van der Waals surface area contributed by atoms with Gasteiger partial charge in [0.25, 0.3) is 0 Å². The van der Waals surface area contributed by atoms with Gasteiger partial charge in [0, 0.05) is 17.3 Å². The molecule has 0 radical (unpaired) electrons. The predicted octanol–water partition coefficient (Wildman–Crippen LogP) is 4.90. The number of thioether (sulfide) groups is 2. The fourth-order valence-electron chi connectivity index (χ4n) is 3.43. The van der Waals surface area contributed by atoms with E-state index < -0.39 is 5.72 Å². The predicted molar refractivity (Wildman–Crippen MR) is 128 cm³/mol. The molecule has 2 aliphatic rings. The Morgan fingerprint density at radius 1 is 0.897 bits per heavy atom. The zero-order valence-corrected chi connectivity index (χ0v) is 18.4. The van der Waals surface area contributed by atoms with Gasteiger partial charge in [0.1, 0.15) is 0 Å². The number of benzene rings is 2. The van der Waals surface area contributed by atoms with Crippen LogP contribution in [-0.2, 0) is 0 Å². The lowest BCUT2D eigenvalue weighted by atomic mass is 9.92. The van der Waals surface area contributed by atoms with Crippen LogP contribution in [0.4, 0.5) is 0 Å². The molecule has 0 bridgehead atoms. The fourth-order valence-corrected chi connectivity index (χ4v) is 5.34. The summed E-state index contributed by atoms with van der Waals surface area (Å²) in [6.07, 6.45) is 4.23. The maximum absolute atomic E-state index is 11.9. The zero-order chi connectivity index (χ0) is 20.3. The molecule has 4 rings (SSSR count). The van der Waals surface area contributed by atoms with Crippen molar-refractivity contribution >= 4 is 40.8 Å². The lowest BCUT2D eigenvalue weighted by molar-refractivity contribution is 0.104. The van der Waals surface area contributed by atoms with Crippen LogP contribution in [0.2, 0.25) is 0 Å². The van der Waals surface area contributed by atoms with Gasteiger partial charge in [0.05, 0.1) is 6.54 Å². The lowest BCUT2D eigenvalue weighted by Crippen LogP contribution is -2.53. The van der Waals surface area contributed by atoms with Crippen LogP contribution < -0.4 is 5.32 Å². The van der Waals surface area contributed by atoms with Crippen LogP contribution in [0, 0.1) is 13.8 Å². The van der Waals surface area contributed by atoms with E-state index in [4.69, 9.17) is 0 Å². The van der Waals surface area contributed by atoms with Crippen LogP contribution in [0.25, 0.3) is 12.2 Å². The highest BCUT2D eigenvalue weighted by atomic mass is 32.2. The van der Waals surface area contributed by atoms with E-state index in [-0.39, 0.29) is 0 Å². The van der Waals surface area contributed by atoms with E-state index in [0.717, 1.165) is 51.2 Å². The van der Waals surface area contributed by atoms with E-state index in [1.807, 2.05) is 11.8 Å². The normalized spacial score (nSPS) is 21.4. The zero-order valence-electron chi connectivity index (χ0n) is 16.8. The molecule has 2 aromatic rings. The van der Waals surface area contributed by atoms with Crippen molar-refractivity contribution in [2.75, 3.05) is 23.8 Å². The summed E-state index contributed by atoms with van der Waals surface area (Å²) < 4.78 is 0. The number of hydrogen-bond acceptors (Lipinski definition) is 5. The Hall–Kier alpha value is -1.95. The molecule has 2 aromatic carbocycles. The molecular formula is C24H26N2OS2. The summed E-state index contributed by atoms with van der Waals surface area (Å²) >= 11 is 3.51. The number of aliphatic hydroxyl groups is 1. The molecule has 29 heavy (non-hydrogen) atoms. The molecule has 2 N–H and O–H groups in total. The van der Waals surface area contributed by atoms with Crippen molar-refractivity contribution in [1.82, 2.24) is 5.32 Å². The fraction of sp³-hybridized carbons (Fsp3) is 0.292. The van der Waals surface area contributed by atoms with Crippen molar-refractivity contribution in [1.29, 1.82) is 0 Å². The Morgan fingerprint density at radius 3 is 1.86 bits per heavy atom. The molecule has 0 saturated carbocycles. The van der Waals surface area contributed by atoms with Gasteiger partial charge in [-0.1, -0.05) is 71.4 Å². The molecule has 0 unspecified atom stereocenters. The first-order chi connectivity index (χ1) is 14.0. The summed E-state index contributed by atoms with van der Waals surface area (Å²) in [6, 6.07) is 16.8. The second kappa shape index (κ2) is 8.82. The summed E-state index contributed by atoms with van der Waals surface area (Å²) in [6.45, 7) is 4.97. The summed E-state index contributed by atoms with van der Waals surface area (Å²) in [5.74, 6) is 2.52. The Labute approximate surface area is 181 Å². The molecule has 5 heteroatoms. The van der Waals surface area contributed by atoms with E-state index in [1.54, 1.807) is 11.8 Å². The van der Waals surface area contributed by atoms with Crippen molar-refractivity contribution < 1.29 is 5.11 Å². The third-order valence-corrected chi connectivity index (χ3v) is 7.08. The van der Waals surface area contributed by atoms with Gasteiger partial charge in [-0.25, -0.2) is 0 Å². The van der Waals surface area contributed by atoms with Crippen LogP contribution in [-0.4, -0.2) is 39.8 Å². The van der Waals surface area contributed by atoms with E-state index in [9.17, 15) is 5.11 Å². The second-order valence-electron chi connectivity index (χ2n) is 7.52. The summed E-state index contributed by atoms with van der Waals surface area (Å²) in [5.41, 5.74) is 5.37. The smallest absolute Gasteiger partial charge is 0.184 e. The lowest BCUT2D eigenvalue weighted by Gasteiger charge is -2.38. The largest absolute Gasteiger partial charge is 0.364 e. The van der Waals surface area contributed by atoms with Gasteiger partial charge in [0.2, 0.25) is 0 Å². The first-order valence-electron chi connectivity index (χ1n) is 9.84. The number of aryl methyl sites for hydroxylation is 2. The number of nitrogens with one attached hydrogen (secondary N) is 1. The van der Waals surface area contributed by atoms with Crippen LogP contribution in [0.3, 0.4) is 0 Å². The molecule has 0 amide bonds. The molecule has 150 valence electrons. The molecule has 0 spiro atoms.